The Kier molecular flexibility index (Phi) is 5.88. The van der Waals surface area contributed by atoms with Crippen molar-refractivity contribution in [3.63, 3.8) is 0 Å². The second-order valence-corrected chi connectivity index (χ2v) is 7.00. The van der Waals surface area contributed by atoms with E-state index in [0.717, 1.165) is 11.1 Å². The Balaban J connectivity index is 1.71. The largest absolute Gasteiger partial charge is 0.490 e. The first kappa shape index (κ1) is 20.5. The fourth-order valence-corrected chi connectivity index (χ4v) is 3.59. The number of rotatable bonds is 7. The molecule has 0 amide bonds. The SMILES string of the molecule is CCOc1cc([C@H]2C(C(=O)OC)=C(C)Nc3ncnn32)ccc1OCc1ccccc1. The lowest BCUT2D eigenvalue weighted by Gasteiger charge is -2.28. The van der Waals surface area contributed by atoms with Crippen molar-refractivity contribution < 1.29 is 19.0 Å². The van der Waals surface area contributed by atoms with Gasteiger partial charge >= 0.3 is 5.97 Å². The Labute approximate surface area is 180 Å². The van der Waals surface area contributed by atoms with Crippen LogP contribution in [-0.2, 0) is 16.1 Å². The van der Waals surface area contributed by atoms with Crippen LogP contribution in [-0.4, -0.2) is 34.5 Å². The topological polar surface area (TPSA) is 87.5 Å². The van der Waals surface area contributed by atoms with Gasteiger partial charge in [-0.05, 0) is 37.1 Å². The summed E-state index contributed by atoms with van der Waals surface area (Å²) in [7, 11) is 1.36. The summed E-state index contributed by atoms with van der Waals surface area (Å²) in [6, 6.07) is 15.1. The minimum absolute atomic E-state index is 0.424. The molecular weight excluding hydrogens is 396 g/mol. The van der Waals surface area contributed by atoms with E-state index in [2.05, 4.69) is 15.4 Å². The molecule has 0 radical (unpaired) electrons. The molecule has 2 aromatic carbocycles. The van der Waals surface area contributed by atoms with Gasteiger partial charge in [0.2, 0.25) is 5.95 Å². The molecular formula is C23H24N4O4. The highest BCUT2D eigenvalue weighted by molar-refractivity contribution is 5.92. The summed E-state index contributed by atoms with van der Waals surface area (Å²) in [4.78, 5) is 16.8. The van der Waals surface area contributed by atoms with Crippen LogP contribution in [0.3, 0.4) is 0 Å². The number of carbonyl (C=O) groups is 1. The normalized spacial score (nSPS) is 15.1. The summed E-state index contributed by atoms with van der Waals surface area (Å²) in [6.07, 6.45) is 1.45. The molecule has 0 fully saturated rings. The first-order valence-electron chi connectivity index (χ1n) is 10.0. The lowest BCUT2D eigenvalue weighted by Crippen LogP contribution is -2.29. The molecule has 8 nitrogen and oxygen atoms in total. The van der Waals surface area contributed by atoms with Crippen molar-refractivity contribution in [3.05, 3.63) is 77.3 Å². The van der Waals surface area contributed by atoms with Crippen LogP contribution in [0.5, 0.6) is 11.5 Å². The summed E-state index contributed by atoms with van der Waals surface area (Å²) < 4.78 is 18.6. The molecule has 0 saturated heterocycles. The third-order valence-corrected chi connectivity index (χ3v) is 5.02. The van der Waals surface area contributed by atoms with Crippen molar-refractivity contribution in [2.24, 2.45) is 0 Å². The van der Waals surface area contributed by atoms with Gasteiger partial charge in [-0.3, -0.25) is 0 Å². The van der Waals surface area contributed by atoms with Gasteiger partial charge in [-0.25, -0.2) is 9.48 Å². The lowest BCUT2D eigenvalue weighted by atomic mass is 9.95. The number of hydrogen-bond acceptors (Lipinski definition) is 7. The van der Waals surface area contributed by atoms with Crippen molar-refractivity contribution in [1.29, 1.82) is 0 Å². The van der Waals surface area contributed by atoms with Gasteiger partial charge < -0.3 is 19.5 Å². The Bertz CT molecular complexity index is 1110. The van der Waals surface area contributed by atoms with Crippen LogP contribution in [0, 0.1) is 0 Å². The summed E-state index contributed by atoms with van der Waals surface area (Å²) in [5.41, 5.74) is 3.00. The Morgan fingerprint density at radius 2 is 1.94 bits per heavy atom. The zero-order chi connectivity index (χ0) is 21.8. The van der Waals surface area contributed by atoms with Crippen molar-refractivity contribution in [2.75, 3.05) is 19.0 Å². The average molecular weight is 420 g/mol. The van der Waals surface area contributed by atoms with Gasteiger partial charge in [0.25, 0.3) is 0 Å². The molecule has 3 aromatic rings. The molecule has 1 aromatic heterocycles. The number of benzene rings is 2. The Morgan fingerprint density at radius 1 is 1.13 bits per heavy atom. The van der Waals surface area contributed by atoms with E-state index in [1.165, 1.54) is 13.4 Å². The number of hydrogen-bond donors (Lipinski definition) is 1. The molecule has 0 aliphatic carbocycles. The van der Waals surface area contributed by atoms with Gasteiger partial charge in [0.1, 0.15) is 19.0 Å². The van der Waals surface area contributed by atoms with Gasteiger partial charge in [0.05, 0.1) is 19.3 Å². The number of fused-ring (bicyclic) bond motifs is 1. The number of ether oxygens (including phenoxy) is 3. The summed E-state index contributed by atoms with van der Waals surface area (Å²) >= 11 is 0. The van der Waals surface area contributed by atoms with E-state index < -0.39 is 12.0 Å². The summed E-state index contributed by atoms with van der Waals surface area (Å²) in [5, 5.41) is 7.43. The van der Waals surface area contributed by atoms with Crippen molar-refractivity contribution >= 4 is 11.9 Å². The Morgan fingerprint density at radius 3 is 2.68 bits per heavy atom. The van der Waals surface area contributed by atoms with Gasteiger partial charge in [0.15, 0.2) is 11.5 Å². The van der Waals surface area contributed by atoms with Crippen LogP contribution >= 0.6 is 0 Å². The molecule has 1 aliphatic rings. The predicted molar refractivity (Wildman–Crippen MR) is 115 cm³/mol. The molecule has 4 rings (SSSR count). The van der Waals surface area contributed by atoms with E-state index in [4.69, 9.17) is 14.2 Å². The fourth-order valence-electron chi connectivity index (χ4n) is 3.59. The third-order valence-electron chi connectivity index (χ3n) is 5.02. The number of anilines is 1. The van der Waals surface area contributed by atoms with Crippen LogP contribution in [0.4, 0.5) is 5.95 Å². The second-order valence-electron chi connectivity index (χ2n) is 7.00. The molecule has 1 aliphatic heterocycles. The number of aromatic nitrogens is 3. The average Bonchev–Trinajstić information content (AvgIpc) is 3.25. The molecule has 1 N–H and O–H groups in total. The molecule has 0 bridgehead atoms. The number of esters is 1. The minimum atomic E-state index is -0.506. The van der Waals surface area contributed by atoms with Crippen LogP contribution < -0.4 is 14.8 Å². The number of nitrogens with zero attached hydrogens (tertiary/aromatic N) is 3. The quantitative estimate of drug-likeness (QED) is 0.583. The zero-order valence-electron chi connectivity index (χ0n) is 17.7. The fraction of sp³-hybridized carbons (Fsp3) is 0.261. The van der Waals surface area contributed by atoms with Gasteiger partial charge in [0, 0.05) is 5.70 Å². The van der Waals surface area contributed by atoms with E-state index in [-0.39, 0.29) is 0 Å². The zero-order valence-corrected chi connectivity index (χ0v) is 17.7. The van der Waals surface area contributed by atoms with E-state index >= 15 is 0 Å². The van der Waals surface area contributed by atoms with Crippen LogP contribution in [0.2, 0.25) is 0 Å². The summed E-state index contributed by atoms with van der Waals surface area (Å²) in [5.74, 6) is 1.34. The predicted octanol–water partition coefficient (Wildman–Crippen LogP) is 3.72. The molecule has 1 atom stereocenters. The number of carbonyl (C=O) groups excluding carboxylic acids is 1. The first-order chi connectivity index (χ1) is 15.1. The summed E-state index contributed by atoms with van der Waals surface area (Å²) in [6.45, 7) is 4.63. The van der Waals surface area contributed by atoms with Gasteiger partial charge in [-0.2, -0.15) is 10.1 Å². The van der Waals surface area contributed by atoms with Crippen molar-refractivity contribution in [1.82, 2.24) is 14.8 Å². The molecule has 0 saturated carbocycles. The Hall–Kier alpha value is -3.81. The second kappa shape index (κ2) is 8.91. The maximum Gasteiger partial charge on any atom is 0.338 e. The van der Waals surface area contributed by atoms with Gasteiger partial charge in [-0.15, -0.1) is 0 Å². The maximum atomic E-state index is 12.6. The van der Waals surface area contributed by atoms with Crippen LogP contribution in [0.15, 0.2) is 66.1 Å². The van der Waals surface area contributed by atoms with Crippen LogP contribution in [0.25, 0.3) is 0 Å². The molecule has 0 spiro atoms. The maximum absolute atomic E-state index is 12.6. The highest BCUT2D eigenvalue weighted by Gasteiger charge is 2.34. The first-order valence-corrected chi connectivity index (χ1v) is 10.0. The molecule has 8 heteroatoms. The minimum Gasteiger partial charge on any atom is -0.490 e. The van der Waals surface area contributed by atoms with E-state index in [1.807, 2.05) is 62.4 Å². The van der Waals surface area contributed by atoms with E-state index in [1.54, 1.807) is 4.68 Å². The van der Waals surface area contributed by atoms with Crippen molar-refractivity contribution in [2.45, 2.75) is 26.5 Å². The van der Waals surface area contributed by atoms with E-state index in [9.17, 15) is 4.79 Å². The highest BCUT2D eigenvalue weighted by atomic mass is 16.5. The standard InChI is InChI=1S/C23H24N4O4/c1-4-30-19-12-17(10-11-18(19)31-13-16-8-6-5-7-9-16)21-20(22(28)29-3)15(2)26-23-24-14-25-27(21)23/h5-12,14,21H,4,13H2,1-3H3,(H,24,25,26)/t21-/m0/s1. The monoisotopic (exact) mass is 420 g/mol. The van der Waals surface area contributed by atoms with Crippen molar-refractivity contribution in [3.8, 4) is 11.5 Å². The molecule has 160 valence electrons. The lowest BCUT2D eigenvalue weighted by molar-refractivity contribution is -0.136. The third kappa shape index (κ3) is 4.09. The number of allylic oxidation sites excluding steroid dienone is 1. The van der Waals surface area contributed by atoms with E-state index in [0.29, 0.717) is 41.9 Å². The van der Waals surface area contributed by atoms with Crippen LogP contribution in [0.1, 0.15) is 31.0 Å². The number of nitrogens with one attached hydrogen (secondary N) is 1. The molecule has 2 heterocycles. The number of methoxy groups -OCH3 is 1. The smallest absolute Gasteiger partial charge is 0.338 e. The molecule has 31 heavy (non-hydrogen) atoms. The molecule has 0 unspecified atom stereocenters. The highest BCUT2D eigenvalue weighted by Crippen LogP contribution is 2.39. The van der Waals surface area contributed by atoms with Gasteiger partial charge in [-0.1, -0.05) is 36.4 Å².